The summed E-state index contributed by atoms with van der Waals surface area (Å²) in [6.45, 7) is 9.05. The first-order chi connectivity index (χ1) is 9.56. The van der Waals surface area contributed by atoms with E-state index in [1.54, 1.807) is 0 Å². The van der Waals surface area contributed by atoms with Gasteiger partial charge in [-0.25, -0.2) is 0 Å². The first-order valence-corrected chi connectivity index (χ1v) is 7.31. The van der Waals surface area contributed by atoms with Crippen molar-refractivity contribution in [3.8, 4) is 0 Å². The molecule has 0 aliphatic heterocycles. The topological polar surface area (TPSA) is 51.2 Å². The third-order valence-corrected chi connectivity index (χ3v) is 4.26. The van der Waals surface area contributed by atoms with Crippen molar-refractivity contribution in [3.05, 3.63) is 40.7 Å². The van der Waals surface area contributed by atoms with Gasteiger partial charge in [-0.15, -0.1) is 0 Å². The summed E-state index contributed by atoms with van der Waals surface area (Å²) in [5.41, 5.74) is 2.10. The van der Waals surface area contributed by atoms with Crippen LogP contribution in [0.1, 0.15) is 60.8 Å². The molecule has 0 radical (unpaired) electrons. The third kappa shape index (κ3) is 2.52. The highest BCUT2D eigenvalue weighted by Crippen LogP contribution is 2.47. The lowest BCUT2D eigenvalue weighted by molar-refractivity contribution is 0.389. The zero-order chi connectivity index (χ0) is 14.3. The van der Waals surface area contributed by atoms with Gasteiger partial charge in [0, 0.05) is 17.5 Å². The van der Waals surface area contributed by atoms with Gasteiger partial charge < -0.3 is 14.3 Å². The maximum Gasteiger partial charge on any atom is 0.138 e. The molecule has 2 aromatic rings. The van der Waals surface area contributed by atoms with Crippen LogP contribution in [-0.4, -0.2) is 5.16 Å². The molecule has 3 unspecified atom stereocenters. The largest absolute Gasteiger partial charge is 0.464 e. The molecule has 2 aromatic heterocycles. The summed E-state index contributed by atoms with van der Waals surface area (Å²) in [7, 11) is 0. The van der Waals surface area contributed by atoms with E-state index >= 15 is 0 Å². The lowest BCUT2D eigenvalue weighted by Gasteiger charge is -2.12. The predicted octanol–water partition coefficient (Wildman–Crippen LogP) is 3.86. The molecule has 2 heterocycles. The van der Waals surface area contributed by atoms with E-state index in [4.69, 9.17) is 8.94 Å². The van der Waals surface area contributed by atoms with Crippen LogP contribution in [0.5, 0.6) is 0 Å². The number of aryl methyl sites for hydroxylation is 2. The molecular formula is C16H22N2O2. The highest BCUT2D eigenvalue weighted by atomic mass is 16.5. The monoisotopic (exact) mass is 274 g/mol. The zero-order valence-corrected chi connectivity index (χ0v) is 12.6. The van der Waals surface area contributed by atoms with Gasteiger partial charge in [0.1, 0.15) is 17.3 Å². The molecule has 0 aromatic carbocycles. The lowest BCUT2D eigenvalue weighted by Crippen LogP contribution is -2.18. The zero-order valence-electron chi connectivity index (χ0n) is 12.6. The molecule has 3 atom stereocenters. The Balaban J connectivity index is 1.60. The number of nitrogens with zero attached hydrogens (tertiary/aromatic N) is 1. The Bertz CT molecular complexity index is 580. The molecule has 0 spiro atoms. The van der Waals surface area contributed by atoms with Crippen LogP contribution >= 0.6 is 0 Å². The summed E-state index contributed by atoms with van der Waals surface area (Å²) in [5.74, 6) is 4.44. The minimum atomic E-state index is 0.203. The second-order valence-corrected chi connectivity index (χ2v) is 5.96. The average Bonchev–Trinajstić information content (AvgIpc) is 2.85. The summed E-state index contributed by atoms with van der Waals surface area (Å²) in [6, 6.07) is 4.40. The van der Waals surface area contributed by atoms with Gasteiger partial charge in [0.25, 0.3) is 0 Å². The van der Waals surface area contributed by atoms with Crippen molar-refractivity contribution >= 4 is 0 Å². The second kappa shape index (κ2) is 5.09. The van der Waals surface area contributed by atoms with Gasteiger partial charge in [-0.2, -0.15) is 0 Å². The van der Waals surface area contributed by atoms with E-state index < -0.39 is 0 Å². The number of hydrogen-bond acceptors (Lipinski definition) is 4. The predicted molar refractivity (Wildman–Crippen MR) is 76.5 cm³/mol. The van der Waals surface area contributed by atoms with E-state index in [0.29, 0.717) is 5.92 Å². The first-order valence-electron chi connectivity index (χ1n) is 7.31. The van der Waals surface area contributed by atoms with Gasteiger partial charge in [-0.1, -0.05) is 12.1 Å². The van der Waals surface area contributed by atoms with Crippen LogP contribution < -0.4 is 5.32 Å². The smallest absolute Gasteiger partial charge is 0.138 e. The van der Waals surface area contributed by atoms with E-state index in [-0.39, 0.29) is 6.04 Å². The number of rotatable bonds is 5. The molecule has 20 heavy (non-hydrogen) atoms. The summed E-state index contributed by atoms with van der Waals surface area (Å²) >= 11 is 0. The second-order valence-electron chi connectivity index (χ2n) is 5.96. The normalized spacial score (nSPS) is 23.0. The van der Waals surface area contributed by atoms with Gasteiger partial charge in [-0.05, 0) is 45.2 Å². The van der Waals surface area contributed by atoms with Crippen molar-refractivity contribution in [3.63, 3.8) is 0 Å². The molecule has 1 aliphatic carbocycles. The maximum absolute atomic E-state index is 5.90. The fraction of sp³-hybridized carbons (Fsp3) is 0.562. The van der Waals surface area contributed by atoms with Crippen LogP contribution in [0.25, 0.3) is 0 Å². The molecule has 4 nitrogen and oxygen atoms in total. The summed E-state index contributed by atoms with van der Waals surface area (Å²) in [4.78, 5) is 0. The Hall–Kier alpha value is -1.55. The minimum Gasteiger partial charge on any atom is -0.464 e. The van der Waals surface area contributed by atoms with Gasteiger partial charge in [0.2, 0.25) is 0 Å². The molecule has 1 aliphatic rings. The summed E-state index contributed by atoms with van der Waals surface area (Å²) in [5, 5.41) is 7.47. The Morgan fingerprint density at radius 2 is 2.15 bits per heavy atom. The van der Waals surface area contributed by atoms with E-state index in [0.717, 1.165) is 41.0 Å². The van der Waals surface area contributed by atoms with E-state index in [2.05, 4.69) is 36.5 Å². The molecule has 0 bridgehead atoms. The summed E-state index contributed by atoms with van der Waals surface area (Å²) < 4.78 is 11.1. The molecule has 108 valence electrons. The van der Waals surface area contributed by atoms with Crippen LogP contribution in [0.15, 0.2) is 21.1 Å². The molecular weight excluding hydrogens is 252 g/mol. The van der Waals surface area contributed by atoms with Crippen molar-refractivity contribution in [1.82, 2.24) is 10.5 Å². The van der Waals surface area contributed by atoms with Crippen LogP contribution in [0.3, 0.4) is 0 Å². The average molecular weight is 274 g/mol. The molecule has 0 saturated heterocycles. The van der Waals surface area contributed by atoms with Gasteiger partial charge in [-0.3, -0.25) is 0 Å². The van der Waals surface area contributed by atoms with Crippen LogP contribution in [0.2, 0.25) is 0 Å². The number of aromatic nitrogens is 1. The van der Waals surface area contributed by atoms with Crippen molar-refractivity contribution in [2.75, 3.05) is 0 Å². The third-order valence-electron chi connectivity index (χ3n) is 4.26. The first kappa shape index (κ1) is 13.4. The van der Waals surface area contributed by atoms with Crippen LogP contribution in [-0.2, 0) is 6.54 Å². The molecule has 0 amide bonds. The van der Waals surface area contributed by atoms with Crippen molar-refractivity contribution < 1.29 is 8.94 Å². The van der Waals surface area contributed by atoms with E-state index in [9.17, 15) is 0 Å². The minimum absolute atomic E-state index is 0.203. The Labute approximate surface area is 119 Å². The summed E-state index contributed by atoms with van der Waals surface area (Å²) in [6.07, 6.45) is 1.26. The van der Waals surface area contributed by atoms with Crippen LogP contribution in [0, 0.1) is 19.8 Å². The van der Waals surface area contributed by atoms with Crippen molar-refractivity contribution in [2.45, 2.75) is 52.6 Å². The Kier molecular flexibility index (Phi) is 3.42. The van der Waals surface area contributed by atoms with Crippen molar-refractivity contribution in [1.29, 1.82) is 0 Å². The quantitative estimate of drug-likeness (QED) is 0.899. The van der Waals surface area contributed by atoms with Gasteiger partial charge in [0.15, 0.2) is 0 Å². The maximum atomic E-state index is 5.90. The SMILES string of the molecule is Cc1noc(C)c1C(C)NCc1ccc(C2CC2C)o1. The number of hydrogen-bond donors (Lipinski definition) is 1. The highest BCUT2D eigenvalue weighted by molar-refractivity contribution is 5.24. The molecule has 1 fully saturated rings. The Morgan fingerprint density at radius 3 is 2.75 bits per heavy atom. The molecule has 1 N–H and O–H groups in total. The fourth-order valence-electron chi connectivity index (χ4n) is 2.87. The molecule has 4 heteroatoms. The van der Waals surface area contributed by atoms with E-state index in [1.165, 1.54) is 6.42 Å². The van der Waals surface area contributed by atoms with Crippen LogP contribution in [0.4, 0.5) is 0 Å². The molecule has 3 rings (SSSR count). The van der Waals surface area contributed by atoms with Crippen molar-refractivity contribution in [2.24, 2.45) is 5.92 Å². The van der Waals surface area contributed by atoms with Gasteiger partial charge >= 0.3 is 0 Å². The standard InChI is InChI=1S/C16H22N2O2/c1-9-7-14(9)15-6-5-13(19-15)8-17-10(2)16-11(3)18-20-12(16)4/h5-6,9-10,14,17H,7-8H2,1-4H3. The van der Waals surface area contributed by atoms with Gasteiger partial charge in [0.05, 0.1) is 12.2 Å². The molecule has 1 saturated carbocycles. The fourth-order valence-corrected chi connectivity index (χ4v) is 2.87. The number of nitrogens with one attached hydrogen (secondary N) is 1. The lowest BCUT2D eigenvalue weighted by atomic mass is 10.1. The number of furan rings is 1. The highest BCUT2D eigenvalue weighted by Gasteiger charge is 2.36. The Morgan fingerprint density at radius 1 is 1.40 bits per heavy atom. The van der Waals surface area contributed by atoms with E-state index in [1.807, 2.05) is 13.8 Å².